The van der Waals surface area contributed by atoms with Crippen molar-refractivity contribution in [2.75, 3.05) is 6.54 Å². The maximum absolute atomic E-state index is 12.8. The highest BCUT2D eigenvalue weighted by Gasteiger charge is 2.31. The molecule has 1 saturated carbocycles. The number of aromatic nitrogens is 5. The van der Waals surface area contributed by atoms with Gasteiger partial charge in [0.25, 0.3) is 5.91 Å². The highest BCUT2D eigenvalue weighted by Crippen LogP contribution is 2.36. The van der Waals surface area contributed by atoms with E-state index in [-0.39, 0.29) is 30.7 Å². The molecule has 4 aromatic rings. The van der Waals surface area contributed by atoms with Gasteiger partial charge in [-0.25, -0.2) is 9.48 Å². The van der Waals surface area contributed by atoms with Crippen molar-refractivity contribution in [1.82, 2.24) is 29.4 Å². The van der Waals surface area contributed by atoms with Crippen LogP contribution in [-0.4, -0.2) is 36.6 Å². The molecule has 0 bridgehead atoms. The second kappa shape index (κ2) is 7.45. The van der Waals surface area contributed by atoms with Crippen LogP contribution in [0.1, 0.15) is 29.4 Å². The van der Waals surface area contributed by atoms with Gasteiger partial charge in [-0.15, -0.1) is 16.4 Å². The Kier molecular flexibility index (Phi) is 4.62. The SMILES string of the molecule is Cn1nc(-c2cccs2)cc1C(=O)NCCn1nc(-c2ccco2)n(C2CC2)c1=O. The predicted molar refractivity (Wildman–Crippen MR) is 111 cm³/mol. The van der Waals surface area contributed by atoms with Gasteiger partial charge in [0.1, 0.15) is 11.4 Å². The highest BCUT2D eigenvalue weighted by atomic mass is 32.1. The van der Waals surface area contributed by atoms with Gasteiger partial charge in [0.05, 0.1) is 17.7 Å². The quantitative estimate of drug-likeness (QED) is 0.491. The Morgan fingerprint density at radius 3 is 2.87 bits per heavy atom. The lowest BCUT2D eigenvalue weighted by Crippen LogP contribution is -2.32. The van der Waals surface area contributed by atoms with Crippen molar-refractivity contribution < 1.29 is 9.21 Å². The molecule has 9 nitrogen and oxygen atoms in total. The minimum Gasteiger partial charge on any atom is -0.461 e. The number of hydrogen-bond donors (Lipinski definition) is 1. The van der Waals surface area contributed by atoms with Gasteiger partial charge in [0, 0.05) is 19.6 Å². The third kappa shape index (κ3) is 3.39. The maximum Gasteiger partial charge on any atom is 0.346 e. The van der Waals surface area contributed by atoms with Crippen LogP contribution in [-0.2, 0) is 13.6 Å². The Bertz CT molecular complexity index is 1230. The monoisotopic (exact) mass is 424 g/mol. The molecule has 30 heavy (non-hydrogen) atoms. The summed E-state index contributed by atoms with van der Waals surface area (Å²) in [6.07, 6.45) is 3.49. The summed E-state index contributed by atoms with van der Waals surface area (Å²) in [5, 5.41) is 13.7. The van der Waals surface area contributed by atoms with Crippen LogP contribution in [0.4, 0.5) is 0 Å². The molecule has 0 unspecified atom stereocenters. The van der Waals surface area contributed by atoms with Crippen molar-refractivity contribution in [3.05, 3.63) is 58.2 Å². The standard InChI is InChI=1S/C20H20N6O3S/c1-24-15(12-14(22-24)17-5-3-11-30-17)19(27)21-8-9-25-20(28)26(13-6-7-13)18(23-25)16-4-2-10-29-16/h2-5,10-13H,6-9H2,1H3,(H,21,27). The van der Waals surface area contributed by atoms with Crippen LogP contribution in [0.3, 0.4) is 0 Å². The van der Waals surface area contributed by atoms with E-state index in [4.69, 9.17) is 4.42 Å². The first-order valence-electron chi connectivity index (χ1n) is 9.71. The minimum absolute atomic E-state index is 0.172. The summed E-state index contributed by atoms with van der Waals surface area (Å²) >= 11 is 1.57. The molecule has 1 aliphatic carbocycles. The third-order valence-corrected chi connectivity index (χ3v) is 5.91. The fraction of sp³-hybridized carbons (Fsp3) is 0.300. The third-order valence-electron chi connectivity index (χ3n) is 5.02. The average molecular weight is 424 g/mol. The predicted octanol–water partition coefficient (Wildman–Crippen LogP) is 2.53. The van der Waals surface area contributed by atoms with Gasteiger partial charge >= 0.3 is 5.69 Å². The molecular formula is C20H20N6O3S. The number of rotatable bonds is 7. The molecule has 1 aliphatic rings. The van der Waals surface area contributed by atoms with Gasteiger partial charge in [-0.2, -0.15) is 5.10 Å². The summed E-state index contributed by atoms with van der Waals surface area (Å²) in [5.74, 6) is 0.859. The summed E-state index contributed by atoms with van der Waals surface area (Å²) in [6, 6.07) is 9.42. The van der Waals surface area contributed by atoms with E-state index in [9.17, 15) is 9.59 Å². The van der Waals surface area contributed by atoms with Crippen molar-refractivity contribution in [3.8, 4) is 22.2 Å². The zero-order chi connectivity index (χ0) is 20.7. The summed E-state index contributed by atoms with van der Waals surface area (Å²) in [5.41, 5.74) is 1.05. The second-order valence-corrected chi connectivity index (χ2v) is 8.13. The number of amides is 1. The van der Waals surface area contributed by atoms with Gasteiger partial charge < -0.3 is 9.73 Å². The minimum atomic E-state index is -0.242. The Balaban J connectivity index is 1.29. The number of carbonyl (C=O) groups excluding carboxylic acids is 1. The number of aryl methyl sites for hydroxylation is 1. The molecule has 1 amide bonds. The van der Waals surface area contributed by atoms with Gasteiger partial charge in [0.15, 0.2) is 5.76 Å². The number of nitrogens with zero attached hydrogens (tertiary/aromatic N) is 5. The molecule has 0 aliphatic heterocycles. The fourth-order valence-corrected chi connectivity index (χ4v) is 4.07. The largest absolute Gasteiger partial charge is 0.461 e. The van der Waals surface area contributed by atoms with E-state index in [1.165, 1.54) is 4.68 Å². The molecular weight excluding hydrogens is 404 g/mol. The first-order chi connectivity index (χ1) is 14.6. The van der Waals surface area contributed by atoms with Crippen molar-refractivity contribution in [1.29, 1.82) is 0 Å². The normalized spacial score (nSPS) is 13.6. The number of furan rings is 1. The number of thiophene rings is 1. The number of hydrogen-bond acceptors (Lipinski definition) is 6. The first-order valence-corrected chi connectivity index (χ1v) is 10.6. The lowest BCUT2D eigenvalue weighted by atomic mass is 10.3. The van der Waals surface area contributed by atoms with Gasteiger partial charge in [0.2, 0.25) is 5.82 Å². The van der Waals surface area contributed by atoms with E-state index in [1.54, 1.807) is 52.1 Å². The summed E-state index contributed by atoms with van der Waals surface area (Å²) in [6.45, 7) is 0.547. The van der Waals surface area contributed by atoms with Crippen LogP contribution in [0, 0.1) is 0 Å². The van der Waals surface area contributed by atoms with E-state index < -0.39 is 0 Å². The Hall–Kier alpha value is -3.40. The van der Waals surface area contributed by atoms with Crippen LogP contribution < -0.4 is 11.0 Å². The second-order valence-electron chi connectivity index (χ2n) is 7.18. The number of carbonyl (C=O) groups is 1. The van der Waals surface area contributed by atoms with Crippen LogP contribution in [0.15, 0.2) is 51.2 Å². The lowest BCUT2D eigenvalue weighted by Gasteiger charge is -2.04. The fourth-order valence-electron chi connectivity index (χ4n) is 3.39. The summed E-state index contributed by atoms with van der Waals surface area (Å²) in [7, 11) is 1.74. The van der Waals surface area contributed by atoms with E-state index in [0.29, 0.717) is 17.3 Å². The molecule has 0 atom stereocenters. The van der Waals surface area contributed by atoms with Gasteiger partial charge in [-0.1, -0.05) is 6.07 Å². The Labute approximate surface area is 175 Å². The van der Waals surface area contributed by atoms with Gasteiger partial charge in [-0.05, 0) is 42.5 Å². The van der Waals surface area contributed by atoms with Crippen molar-refractivity contribution in [3.63, 3.8) is 0 Å². The molecule has 4 heterocycles. The van der Waals surface area contributed by atoms with Crippen LogP contribution in [0.2, 0.25) is 0 Å². The van der Waals surface area contributed by atoms with E-state index in [0.717, 1.165) is 23.4 Å². The van der Waals surface area contributed by atoms with Gasteiger partial charge in [-0.3, -0.25) is 14.0 Å². The van der Waals surface area contributed by atoms with Crippen molar-refractivity contribution in [2.45, 2.75) is 25.4 Å². The molecule has 0 saturated heterocycles. The van der Waals surface area contributed by atoms with E-state index in [1.807, 2.05) is 17.5 Å². The zero-order valence-corrected chi connectivity index (χ0v) is 17.1. The first kappa shape index (κ1) is 18.6. The zero-order valence-electron chi connectivity index (χ0n) is 16.3. The lowest BCUT2D eigenvalue weighted by molar-refractivity contribution is 0.0942. The Morgan fingerprint density at radius 2 is 2.17 bits per heavy atom. The molecule has 4 aromatic heterocycles. The number of nitrogens with one attached hydrogen (secondary N) is 1. The molecule has 1 fully saturated rings. The summed E-state index contributed by atoms with van der Waals surface area (Å²) in [4.78, 5) is 26.4. The molecule has 0 radical (unpaired) electrons. The van der Waals surface area contributed by atoms with Crippen molar-refractivity contribution in [2.24, 2.45) is 7.05 Å². The maximum atomic E-state index is 12.8. The van der Waals surface area contributed by atoms with E-state index >= 15 is 0 Å². The molecule has 154 valence electrons. The van der Waals surface area contributed by atoms with Crippen LogP contribution in [0.25, 0.3) is 22.2 Å². The molecule has 1 N–H and O–H groups in total. The Morgan fingerprint density at radius 1 is 1.30 bits per heavy atom. The van der Waals surface area contributed by atoms with E-state index in [2.05, 4.69) is 15.5 Å². The smallest absolute Gasteiger partial charge is 0.346 e. The molecule has 10 heteroatoms. The van der Waals surface area contributed by atoms with Crippen LogP contribution >= 0.6 is 11.3 Å². The van der Waals surface area contributed by atoms with Crippen molar-refractivity contribution >= 4 is 17.2 Å². The molecule has 5 rings (SSSR count). The summed E-state index contributed by atoms with van der Waals surface area (Å²) < 4.78 is 10.1. The highest BCUT2D eigenvalue weighted by molar-refractivity contribution is 7.13. The topological polar surface area (TPSA) is 99.9 Å². The molecule has 0 spiro atoms. The molecule has 0 aromatic carbocycles. The average Bonchev–Trinajstić information content (AvgIpc) is 3.19. The van der Waals surface area contributed by atoms with Crippen LogP contribution in [0.5, 0.6) is 0 Å².